The number of halogens is 1. The van der Waals surface area contributed by atoms with Gasteiger partial charge in [-0.1, -0.05) is 58.4 Å². The first-order valence-electron chi connectivity index (χ1n) is 6.09. The molecular formula is C17H12BrN. The van der Waals surface area contributed by atoms with E-state index >= 15 is 0 Å². The molecule has 0 aliphatic rings. The van der Waals surface area contributed by atoms with Gasteiger partial charge in [-0.25, -0.2) is 0 Å². The first-order chi connectivity index (χ1) is 9.33. The van der Waals surface area contributed by atoms with Crippen LogP contribution in [0.4, 0.5) is 0 Å². The van der Waals surface area contributed by atoms with E-state index in [1.54, 1.807) is 6.20 Å². The van der Waals surface area contributed by atoms with Crippen LogP contribution in [-0.4, -0.2) is 4.98 Å². The molecule has 0 saturated carbocycles. The zero-order valence-electron chi connectivity index (χ0n) is 10.3. The molecule has 1 aromatic heterocycles. The number of aromatic nitrogens is 1. The van der Waals surface area contributed by atoms with E-state index in [2.05, 4.69) is 75.5 Å². The first kappa shape index (κ1) is 12.1. The summed E-state index contributed by atoms with van der Waals surface area (Å²) in [4.78, 5) is 4.15. The predicted octanol–water partition coefficient (Wildman–Crippen LogP) is 5.18. The van der Waals surface area contributed by atoms with Gasteiger partial charge < -0.3 is 0 Å². The molecule has 0 radical (unpaired) electrons. The molecule has 0 bridgehead atoms. The topological polar surface area (TPSA) is 12.9 Å². The number of rotatable bonds is 2. The number of pyridine rings is 1. The number of nitrogens with zero attached hydrogens (tertiary/aromatic N) is 1. The summed E-state index contributed by atoms with van der Waals surface area (Å²) in [5, 5.41) is 0. The van der Waals surface area contributed by atoms with Crippen molar-refractivity contribution < 1.29 is 0 Å². The molecule has 1 heterocycles. The highest BCUT2D eigenvalue weighted by Crippen LogP contribution is 2.25. The SMILES string of the molecule is Brc1ccc(-c2ccc(-c3cccnc3)cc2)cc1. The predicted molar refractivity (Wildman–Crippen MR) is 82.8 cm³/mol. The van der Waals surface area contributed by atoms with Crippen LogP contribution in [0.3, 0.4) is 0 Å². The molecule has 0 aliphatic heterocycles. The third-order valence-corrected chi connectivity index (χ3v) is 3.59. The van der Waals surface area contributed by atoms with Gasteiger partial charge in [-0.3, -0.25) is 4.98 Å². The zero-order chi connectivity index (χ0) is 13.1. The van der Waals surface area contributed by atoms with Gasteiger partial charge in [0.05, 0.1) is 0 Å². The van der Waals surface area contributed by atoms with Crippen molar-refractivity contribution in [1.29, 1.82) is 0 Å². The number of benzene rings is 2. The second-order valence-corrected chi connectivity index (χ2v) is 5.24. The van der Waals surface area contributed by atoms with E-state index in [1.165, 1.54) is 16.7 Å². The molecule has 0 unspecified atom stereocenters. The summed E-state index contributed by atoms with van der Waals surface area (Å²) in [5.41, 5.74) is 4.78. The number of hydrogen-bond donors (Lipinski definition) is 0. The molecule has 2 aromatic carbocycles. The van der Waals surface area contributed by atoms with Crippen LogP contribution in [-0.2, 0) is 0 Å². The Bertz CT molecular complexity index is 658. The first-order valence-corrected chi connectivity index (χ1v) is 6.89. The lowest BCUT2D eigenvalue weighted by Gasteiger charge is -2.04. The van der Waals surface area contributed by atoms with Crippen molar-refractivity contribution in [2.45, 2.75) is 0 Å². The Hall–Kier alpha value is -1.93. The molecule has 0 aliphatic carbocycles. The van der Waals surface area contributed by atoms with E-state index in [0.717, 1.165) is 10.0 Å². The second-order valence-electron chi connectivity index (χ2n) is 4.33. The van der Waals surface area contributed by atoms with Crippen LogP contribution in [0.1, 0.15) is 0 Å². The highest BCUT2D eigenvalue weighted by atomic mass is 79.9. The lowest BCUT2D eigenvalue weighted by atomic mass is 10.0. The van der Waals surface area contributed by atoms with Gasteiger partial charge in [0.2, 0.25) is 0 Å². The molecule has 2 heteroatoms. The summed E-state index contributed by atoms with van der Waals surface area (Å²) in [6.07, 6.45) is 3.67. The second kappa shape index (κ2) is 5.37. The minimum absolute atomic E-state index is 1.10. The van der Waals surface area contributed by atoms with Crippen LogP contribution >= 0.6 is 15.9 Å². The van der Waals surface area contributed by atoms with Crippen molar-refractivity contribution in [1.82, 2.24) is 4.98 Å². The Morgan fingerprint density at radius 3 is 1.68 bits per heavy atom. The van der Waals surface area contributed by atoms with Crippen LogP contribution in [0, 0.1) is 0 Å². The molecule has 3 rings (SSSR count). The summed E-state index contributed by atoms with van der Waals surface area (Å²) in [5.74, 6) is 0. The minimum Gasteiger partial charge on any atom is -0.264 e. The molecule has 0 saturated heterocycles. The Kier molecular flexibility index (Phi) is 3.43. The van der Waals surface area contributed by atoms with Crippen LogP contribution in [0.15, 0.2) is 77.5 Å². The fraction of sp³-hybridized carbons (Fsp3) is 0. The molecule has 0 atom stereocenters. The van der Waals surface area contributed by atoms with Crippen LogP contribution in [0.2, 0.25) is 0 Å². The summed E-state index contributed by atoms with van der Waals surface area (Å²) in [7, 11) is 0. The van der Waals surface area contributed by atoms with Crippen molar-refractivity contribution in [2.75, 3.05) is 0 Å². The lowest BCUT2D eigenvalue weighted by molar-refractivity contribution is 1.33. The maximum absolute atomic E-state index is 4.15. The third-order valence-electron chi connectivity index (χ3n) is 3.06. The molecule has 92 valence electrons. The zero-order valence-corrected chi connectivity index (χ0v) is 11.8. The van der Waals surface area contributed by atoms with E-state index in [0.29, 0.717) is 0 Å². The summed E-state index contributed by atoms with van der Waals surface area (Å²) in [6.45, 7) is 0. The van der Waals surface area contributed by atoms with E-state index in [9.17, 15) is 0 Å². The summed E-state index contributed by atoms with van der Waals surface area (Å²) < 4.78 is 1.10. The van der Waals surface area contributed by atoms with Crippen LogP contribution < -0.4 is 0 Å². The van der Waals surface area contributed by atoms with Gasteiger partial charge in [-0.2, -0.15) is 0 Å². The Morgan fingerprint density at radius 1 is 0.632 bits per heavy atom. The van der Waals surface area contributed by atoms with Gasteiger partial charge in [-0.05, 0) is 40.5 Å². The Balaban J connectivity index is 1.93. The highest BCUT2D eigenvalue weighted by molar-refractivity contribution is 9.10. The minimum atomic E-state index is 1.10. The fourth-order valence-corrected chi connectivity index (χ4v) is 2.30. The maximum atomic E-state index is 4.15. The van der Waals surface area contributed by atoms with Crippen LogP contribution in [0.25, 0.3) is 22.3 Å². The molecule has 19 heavy (non-hydrogen) atoms. The van der Waals surface area contributed by atoms with Crippen molar-refractivity contribution in [2.24, 2.45) is 0 Å². The van der Waals surface area contributed by atoms with E-state index in [4.69, 9.17) is 0 Å². The average molecular weight is 310 g/mol. The molecule has 3 aromatic rings. The largest absolute Gasteiger partial charge is 0.264 e. The molecule has 0 spiro atoms. The van der Waals surface area contributed by atoms with Crippen molar-refractivity contribution in [3.05, 3.63) is 77.5 Å². The quantitative estimate of drug-likeness (QED) is 0.635. The van der Waals surface area contributed by atoms with Gasteiger partial charge in [0.1, 0.15) is 0 Å². The van der Waals surface area contributed by atoms with Gasteiger partial charge >= 0.3 is 0 Å². The monoisotopic (exact) mass is 309 g/mol. The number of hydrogen-bond acceptors (Lipinski definition) is 1. The highest BCUT2D eigenvalue weighted by Gasteiger charge is 2.00. The van der Waals surface area contributed by atoms with E-state index in [-0.39, 0.29) is 0 Å². The normalized spacial score (nSPS) is 10.4. The van der Waals surface area contributed by atoms with Crippen LogP contribution in [0.5, 0.6) is 0 Å². The van der Waals surface area contributed by atoms with Gasteiger partial charge in [0.25, 0.3) is 0 Å². The maximum Gasteiger partial charge on any atom is 0.0346 e. The van der Waals surface area contributed by atoms with E-state index < -0.39 is 0 Å². The van der Waals surface area contributed by atoms with Crippen molar-refractivity contribution in [3.63, 3.8) is 0 Å². The smallest absolute Gasteiger partial charge is 0.0346 e. The van der Waals surface area contributed by atoms with Gasteiger partial charge in [0.15, 0.2) is 0 Å². The van der Waals surface area contributed by atoms with Gasteiger partial charge in [0, 0.05) is 16.9 Å². The summed E-state index contributed by atoms with van der Waals surface area (Å²) >= 11 is 3.45. The Labute approximate surface area is 121 Å². The average Bonchev–Trinajstić information content (AvgIpc) is 2.49. The molecule has 1 nitrogen and oxygen atoms in total. The molecule has 0 fully saturated rings. The van der Waals surface area contributed by atoms with E-state index in [1.807, 2.05) is 12.3 Å². The van der Waals surface area contributed by atoms with Crippen molar-refractivity contribution >= 4 is 15.9 Å². The third kappa shape index (κ3) is 2.74. The Morgan fingerprint density at radius 2 is 1.16 bits per heavy atom. The lowest BCUT2D eigenvalue weighted by Crippen LogP contribution is -1.81. The van der Waals surface area contributed by atoms with Crippen molar-refractivity contribution in [3.8, 4) is 22.3 Å². The molecule has 0 amide bonds. The molecule has 0 N–H and O–H groups in total. The van der Waals surface area contributed by atoms with Gasteiger partial charge in [-0.15, -0.1) is 0 Å². The summed E-state index contributed by atoms with van der Waals surface area (Å²) in [6, 6.07) is 20.9. The standard InChI is InChI=1S/C17H12BrN/c18-17-9-7-14(8-10-17)13-3-5-15(6-4-13)16-2-1-11-19-12-16/h1-12H. The molecular weight excluding hydrogens is 298 g/mol. The fourth-order valence-electron chi connectivity index (χ4n) is 2.03.